The summed E-state index contributed by atoms with van der Waals surface area (Å²) in [5, 5.41) is 3.52. The van der Waals surface area contributed by atoms with E-state index in [1.807, 2.05) is 0 Å². The van der Waals surface area contributed by atoms with Gasteiger partial charge in [-0.25, -0.2) is 0 Å². The molecule has 6 heteroatoms. The zero-order valence-electron chi connectivity index (χ0n) is 12.3. The Morgan fingerprint density at radius 3 is 2.26 bits per heavy atom. The van der Waals surface area contributed by atoms with Gasteiger partial charge in [0.25, 0.3) is 0 Å². The van der Waals surface area contributed by atoms with Crippen LogP contribution in [0.3, 0.4) is 0 Å². The van der Waals surface area contributed by atoms with E-state index in [4.69, 9.17) is 11.5 Å². The van der Waals surface area contributed by atoms with E-state index in [-0.39, 0.29) is 5.96 Å². The van der Waals surface area contributed by atoms with Crippen LogP contribution < -0.4 is 16.8 Å². The smallest absolute Gasteiger partial charge is 0.185 e. The second-order valence-electron chi connectivity index (χ2n) is 6.44. The van der Waals surface area contributed by atoms with Gasteiger partial charge in [-0.05, 0) is 13.0 Å². The summed E-state index contributed by atoms with van der Waals surface area (Å²) < 4.78 is 2.65. The number of guanidine groups is 1. The molecule has 6 nitrogen and oxygen atoms in total. The molecule has 19 heavy (non-hydrogen) atoms. The van der Waals surface area contributed by atoms with Gasteiger partial charge in [0.15, 0.2) is 5.96 Å². The Labute approximate surface area is 116 Å². The third-order valence-corrected chi connectivity index (χ3v) is 4.91. The van der Waals surface area contributed by atoms with Crippen LogP contribution in [0.5, 0.6) is 0 Å². The Morgan fingerprint density at radius 1 is 1.05 bits per heavy atom. The number of quaternary nitrogens is 2. The average molecular weight is 270 g/mol. The van der Waals surface area contributed by atoms with Crippen molar-refractivity contribution < 1.29 is 8.97 Å². The molecule has 3 fully saturated rings. The second kappa shape index (κ2) is 6.07. The van der Waals surface area contributed by atoms with Crippen LogP contribution in [0.2, 0.25) is 0 Å². The topological polar surface area (TPSA) is 76.4 Å². The summed E-state index contributed by atoms with van der Waals surface area (Å²) in [5.74, 6) is 0.196. The van der Waals surface area contributed by atoms with E-state index in [1.54, 1.807) is 0 Å². The SMILES string of the molecule is C[N+]12CC[N+](CCNCCCN=C(N)N)(CC1)CC2. The fourth-order valence-corrected chi connectivity index (χ4v) is 3.22. The quantitative estimate of drug-likeness (QED) is 0.229. The number of nitrogens with two attached hydrogens (primary N) is 2. The maximum atomic E-state index is 5.28. The summed E-state index contributed by atoms with van der Waals surface area (Å²) in [7, 11) is 2.41. The zero-order chi connectivity index (χ0) is 13.8. The molecule has 5 N–H and O–H groups in total. The van der Waals surface area contributed by atoms with Crippen molar-refractivity contribution in [3.05, 3.63) is 0 Å². The van der Waals surface area contributed by atoms with Crippen LogP contribution in [0.1, 0.15) is 6.42 Å². The van der Waals surface area contributed by atoms with Gasteiger partial charge >= 0.3 is 0 Å². The number of nitrogens with zero attached hydrogens (tertiary/aromatic N) is 3. The summed E-state index contributed by atoms with van der Waals surface area (Å²) in [6.07, 6.45) is 1.01. The molecule has 0 aromatic heterocycles. The molecule has 0 atom stereocenters. The van der Waals surface area contributed by atoms with Gasteiger partial charge in [0.1, 0.15) is 39.3 Å². The molecular formula is C13H30N6+2. The minimum absolute atomic E-state index is 0.196. The second-order valence-corrected chi connectivity index (χ2v) is 6.44. The Hall–Kier alpha value is -0.850. The van der Waals surface area contributed by atoms with E-state index in [9.17, 15) is 0 Å². The molecule has 3 aliphatic rings. The van der Waals surface area contributed by atoms with Gasteiger partial charge in [-0.1, -0.05) is 0 Å². The number of rotatable bonds is 7. The first kappa shape index (κ1) is 14.6. The van der Waals surface area contributed by atoms with Crippen molar-refractivity contribution in [2.75, 3.05) is 72.5 Å². The highest BCUT2D eigenvalue weighted by Crippen LogP contribution is 2.23. The number of nitrogens with one attached hydrogen (secondary N) is 1. The van der Waals surface area contributed by atoms with Crippen molar-refractivity contribution in [3.63, 3.8) is 0 Å². The summed E-state index contributed by atoms with van der Waals surface area (Å²) in [6.45, 7) is 12.3. The molecule has 0 unspecified atom stereocenters. The van der Waals surface area contributed by atoms with Crippen molar-refractivity contribution in [1.29, 1.82) is 0 Å². The van der Waals surface area contributed by atoms with E-state index >= 15 is 0 Å². The number of likely N-dealkylation sites (N-methyl/N-ethyl adjacent to an activating group) is 1. The molecule has 2 bridgehead atoms. The van der Waals surface area contributed by atoms with Crippen molar-refractivity contribution in [1.82, 2.24) is 5.32 Å². The fourth-order valence-electron chi connectivity index (χ4n) is 3.22. The largest absolute Gasteiger partial charge is 0.370 e. The maximum Gasteiger partial charge on any atom is 0.185 e. The van der Waals surface area contributed by atoms with E-state index in [1.165, 1.54) is 54.8 Å². The van der Waals surface area contributed by atoms with E-state index < -0.39 is 0 Å². The van der Waals surface area contributed by atoms with Crippen LogP contribution in [0.15, 0.2) is 4.99 Å². The Morgan fingerprint density at radius 2 is 1.68 bits per heavy atom. The first-order chi connectivity index (χ1) is 9.04. The summed E-state index contributed by atoms with van der Waals surface area (Å²) >= 11 is 0. The number of piperazine rings is 3. The molecule has 0 saturated carbocycles. The monoisotopic (exact) mass is 270 g/mol. The predicted octanol–water partition coefficient (Wildman–Crippen LogP) is -1.47. The Kier molecular flexibility index (Phi) is 4.65. The van der Waals surface area contributed by atoms with Crippen LogP contribution in [-0.2, 0) is 0 Å². The molecule has 0 spiro atoms. The lowest BCUT2D eigenvalue weighted by molar-refractivity contribution is -1.07. The van der Waals surface area contributed by atoms with Crippen LogP contribution in [0.4, 0.5) is 0 Å². The lowest BCUT2D eigenvalue weighted by Gasteiger charge is -2.54. The van der Waals surface area contributed by atoms with Gasteiger partial charge in [0.2, 0.25) is 0 Å². The van der Waals surface area contributed by atoms with Crippen molar-refractivity contribution >= 4 is 5.96 Å². The third-order valence-electron chi connectivity index (χ3n) is 4.91. The highest BCUT2D eigenvalue weighted by atomic mass is 15.5. The Balaban J connectivity index is 1.58. The number of hydrogen-bond acceptors (Lipinski definition) is 2. The molecule has 110 valence electrons. The molecule has 3 aliphatic heterocycles. The highest BCUT2D eigenvalue weighted by Gasteiger charge is 2.46. The molecule has 0 aromatic rings. The normalized spacial score (nSPS) is 33.3. The van der Waals surface area contributed by atoms with Crippen LogP contribution in [0, 0.1) is 0 Å². The average Bonchev–Trinajstić information content (AvgIpc) is 2.39. The van der Waals surface area contributed by atoms with E-state index in [0.29, 0.717) is 0 Å². The van der Waals surface area contributed by atoms with Crippen LogP contribution in [0.25, 0.3) is 0 Å². The van der Waals surface area contributed by atoms with Gasteiger partial charge in [-0.2, -0.15) is 0 Å². The van der Waals surface area contributed by atoms with Crippen LogP contribution in [-0.4, -0.2) is 87.4 Å². The predicted molar refractivity (Wildman–Crippen MR) is 78.7 cm³/mol. The number of aliphatic imine (C=N–C) groups is 1. The molecule has 0 aliphatic carbocycles. The fraction of sp³-hybridized carbons (Fsp3) is 0.923. The first-order valence-corrected chi connectivity index (χ1v) is 7.49. The van der Waals surface area contributed by atoms with Crippen molar-refractivity contribution in [3.8, 4) is 0 Å². The molecule has 3 heterocycles. The zero-order valence-corrected chi connectivity index (χ0v) is 12.3. The third kappa shape index (κ3) is 4.06. The summed E-state index contributed by atoms with van der Waals surface area (Å²) in [5.41, 5.74) is 10.6. The lowest BCUT2D eigenvalue weighted by Crippen LogP contribution is -2.74. The van der Waals surface area contributed by atoms with Gasteiger partial charge in [0.05, 0.1) is 13.6 Å². The maximum absolute atomic E-state index is 5.28. The van der Waals surface area contributed by atoms with Gasteiger partial charge in [-0.15, -0.1) is 0 Å². The summed E-state index contributed by atoms with van der Waals surface area (Å²) in [6, 6.07) is 0. The molecular weight excluding hydrogens is 240 g/mol. The van der Waals surface area contributed by atoms with Gasteiger partial charge < -0.3 is 25.8 Å². The lowest BCUT2D eigenvalue weighted by atomic mass is 10.1. The van der Waals surface area contributed by atoms with Crippen LogP contribution >= 0.6 is 0 Å². The number of fused-ring (bicyclic) bond motifs is 3. The van der Waals surface area contributed by atoms with Gasteiger partial charge in [0, 0.05) is 13.1 Å². The van der Waals surface area contributed by atoms with E-state index in [2.05, 4.69) is 17.4 Å². The molecule has 3 rings (SSSR count). The van der Waals surface area contributed by atoms with Crippen molar-refractivity contribution in [2.24, 2.45) is 16.5 Å². The Bertz CT molecular complexity index is 299. The highest BCUT2D eigenvalue weighted by molar-refractivity contribution is 5.75. The van der Waals surface area contributed by atoms with Crippen molar-refractivity contribution in [2.45, 2.75) is 6.42 Å². The standard InChI is InChI=1S/C13H30N6/c1-18-7-10-19(11-8-18,12-9-18)6-5-16-3-2-4-17-13(14)15/h16H,2-12H2,1H3,(H4,14,15,17)/q+2. The molecule has 3 saturated heterocycles. The molecule has 0 radical (unpaired) electrons. The molecule has 0 aromatic carbocycles. The first-order valence-electron chi connectivity index (χ1n) is 7.49. The molecule has 0 amide bonds. The van der Waals surface area contributed by atoms with E-state index in [0.717, 1.165) is 26.1 Å². The van der Waals surface area contributed by atoms with Gasteiger partial charge in [-0.3, -0.25) is 4.99 Å². The minimum Gasteiger partial charge on any atom is -0.370 e. The summed E-state index contributed by atoms with van der Waals surface area (Å²) in [4.78, 5) is 3.98. The number of hydrogen-bond donors (Lipinski definition) is 3. The minimum atomic E-state index is 0.196.